The maximum Gasteiger partial charge on any atom is 0.313 e. The molecule has 3 aromatic rings. The van der Waals surface area contributed by atoms with Crippen molar-refractivity contribution < 1.29 is 13.9 Å². The van der Waals surface area contributed by atoms with Gasteiger partial charge in [-0.1, -0.05) is 41.5 Å². The summed E-state index contributed by atoms with van der Waals surface area (Å²) in [4.78, 5) is 12.6. The van der Waals surface area contributed by atoms with E-state index < -0.39 is 0 Å². The molecule has 2 aromatic carbocycles. The number of nitrogen functional groups attached to an aromatic ring is 1. The summed E-state index contributed by atoms with van der Waals surface area (Å²) in [5, 5.41) is 7.46. The Morgan fingerprint density at radius 3 is 2.50 bits per heavy atom. The molecule has 6 nitrogen and oxygen atoms in total. The fourth-order valence-electron chi connectivity index (χ4n) is 2.19. The van der Waals surface area contributed by atoms with Crippen molar-refractivity contribution in [3.05, 3.63) is 59.7 Å². The molecule has 0 aliphatic rings. The van der Waals surface area contributed by atoms with Crippen molar-refractivity contribution in [3.8, 4) is 17.2 Å². The molecule has 3 rings (SSSR count). The Kier molecular flexibility index (Phi) is 3.57. The molecule has 0 unspecified atom stereocenters. The highest BCUT2D eigenvalue weighted by molar-refractivity contribution is 6.11. The number of ketones is 1. The van der Waals surface area contributed by atoms with Crippen LogP contribution < -0.4 is 10.5 Å². The minimum atomic E-state index is -0.146. The maximum atomic E-state index is 12.6. The summed E-state index contributed by atoms with van der Waals surface area (Å²) in [6.07, 6.45) is 0. The van der Waals surface area contributed by atoms with Crippen molar-refractivity contribution in [1.82, 2.24) is 10.2 Å². The summed E-state index contributed by atoms with van der Waals surface area (Å²) in [5.41, 5.74) is 6.96. The van der Waals surface area contributed by atoms with E-state index in [1.54, 1.807) is 30.3 Å². The highest BCUT2D eigenvalue weighted by Gasteiger charge is 2.20. The topological polar surface area (TPSA) is 91.2 Å². The Morgan fingerprint density at radius 2 is 1.86 bits per heavy atom. The summed E-state index contributed by atoms with van der Waals surface area (Å²) >= 11 is 0. The molecular formula is C16H13N3O3. The summed E-state index contributed by atoms with van der Waals surface area (Å²) in [5.74, 6) is 0.434. The number of nitrogens with two attached hydrogens (primary N) is 1. The molecule has 1 heterocycles. The van der Waals surface area contributed by atoms with Gasteiger partial charge in [-0.05, 0) is 12.1 Å². The zero-order valence-electron chi connectivity index (χ0n) is 11.8. The number of benzene rings is 2. The fourth-order valence-corrected chi connectivity index (χ4v) is 2.19. The van der Waals surface area contributed by atoms with Gasteiger partial charge in [0.25, 0.3) is 5.89 Å². The van der Waals surface area contributed by atoms with Crippen LogP contribution in [-0.4, -0.2) is 23.1 Å². The van der Waals surface area contributed by atoms with Crippen LogP contribution in [0.2, 0.25) is 0 Å². The van der Waals surface area contributed by atoms with E-state index in [0.717, 1.165) is 0 Å². The number of hydrogen-bond donors (Lipinski definition) is 1. The van der Waals surface area contributed by atoms with Crippen LogP contribution in [0.4, 0.5) is 6.01 Å². The first kappa shape index (κ1) is 13.8. The molecule has 0 aliphatic carbocycles. The number of nitrogens with zero attached hydrogens (tertiary/aromatic N) is 2. The lowest BCUT2D eigenvalue weighted by atomic mass is 10.00. The van der Waals surface area contributed by atoms with Gasteiger partial charge in [-0.2, -0.15) is 0 Å². The minimum Gasteiger partial charge on any atom is -0.495 e. The van der Waals surface area contributed by atoms with Crippen molar-refractivity contribution in [2.75, 3.05) is 12.8 Å². The molecule has 22 heavy (non-hydrogen) atoms. The second kappa shape index (κ2) is 5.69. The quantitative estimate of drug-likeness (QED) is 0.744. The Morgan fingerprint density at radius 1 is 1.09 bits per heavy atom. The van der Waals surface area contributed by atoms with Gasteiger partial charge in [-0.15, -0.1) is 5.10 Å². The Hall–Kier alpha value is -3.15. The predicted octanol–water partition coefficient (Wildman–Crippen LogP) is 2.56. The molecule has 0 atom stereocenters. The average Bonchev–Trinajstić information content (AvgIpc) is 3.00. The van der Waals surface area contributed by atoms with E-state index in [0.29, 0.717) is 22.4 Å². The van der Waals surface area contributed by atoms with Crippen molar-refractivity contribution in [3.63, 3.8) is 0 Å². The van der Waals surface area contributed by atoms with Gasteiger partial charge in [0.05, 0.1) is 18.2 Å². The van der Waals surface area contributed by atoms with Crippen molar-refractivity contribution in [1.29, 1.82) is 0 Å². The molecule has 0 spiro atoms. The normalized spacial score (nSPS) is 10.4. The smallest absolute Gasteiger partial charge is 0.313 e. The number of hydrogen-bond acceptors (Lipinski definition) is 6. The van der Waals surface area contributed by atoms with Gasteiger partial charge in [0.1, 0.15) is 5.75 Å². The largest absolute Gasteiger partial charge is 0.495 e. The van der Waals surface area contributed by atoms with Crippen LogP contribution >= 0.6 is 0 Å². The second-order valence-electron chi connectivity index (χ2n) is 4.53. The van der Waals surface area contributed by atoms with Crippen LogP contribution in [0.1, 0.15) is 15.9 Å². The lowest BCUT2D eigenvalue weighted by Gasteiger charge is -2.10. The van der Waals surface area contributed by atoms with Crippen LogP contribution in [-0.2, 0) is 0 Å². The Bertz CT molecular complexity index is 813. The third kappa shape index (κ3) is 2.42. The monoisotopic (exact) mass is 295 g/mol. The first-order valence-electron chi connectivity index (χ1n) is 6.57. The first-order valence-corrected chi connectivity index (χ1v) is 6.57. The summed E-state index contributed by atoms with van der Waals surface area (Å²) in [6, 6.07) is 14.1. The number of carbonyl (C=O) groups excluding carboxylic acids is 1. The molecule has 0 saturated carbocycles. The van der Waals surface area contributed by atoms with Crippen molar-refractivity contribution >= 4 is 11.8 Å². The van der Waals surface area contributed by atoms with Gasteiger partial charge >= 0.3 is 6.01 Å². The van der Waals surface area contributed by atoms with E-state index in [4.69, 9.17) is 14.9 Å². The zero-order valence-corrected chi connectivity index (χ0v) is 11.8. The first-order chi connectivity index (χ1) is 10.7. The number of para-hydroxylation sites is 1. The van der Waals surface area contributed by atoms with Crippen LogP contribution in [0.15, 0.2) is 52.9 Å². The lowest BCUT2D eigenvalue weighted by Crippen LogP contribution is -2.05. The summed E-state index contributed by atoms with van der Waals surface area (Å²) in [6.45, 7) is 0. The van der Waals surface area contributed by atoms with Crippen LogP contribution in [0.3, 0.4) is 0 Å². The SMILES string of the molecule is COc1c(C(=O)c2ccccc2)cccc1-c1nnc(N)o1. The van der Waals surface area contributed by atoms with E-state index in [1.807, 2.05) is 18.2 Å². The Labute approximate surface area is 126 Å². The van der Waals surface area contributed by atoms with Gasteiger partial charge in [0.2, 0.25) is 0 Å². The molecule has 0 aliphatic heterocycles. The highest BCUT2D eigenvalue weighted by Crippen LogP contribution is 2.33. The van der Waals surface area contributed by atoms with Gasteiger partial charge in [-0.25, -0.2) is 0 Å². The number of methoxy groups -OCH3 is 1. The van der Waals surface area contributed by atoms with E-state index in [-0.39, 0.29) is 17.7 Å². The molecule has 0 bridgehead atoms. The Balaban J connectivity index is 2.11. The number of anilines is 1. The van der Waals surface area contributed by atoms with E-state index >= 15 is 0 Å². The molecule has 1 aromatic heterocycles. The highest BCUT2D eigenvalue weighted by atomic mass is 16.5. The van der Waals surface area contributed by atoms with Gasteiger partial charge < -0.3 is 14.9 Å². The fraction of sp³-hybridized carbons (Fsp3) is 0.0625. The number of aromatic nitrogens is 2. The predicted molar refractivity (Wildman–Crippen MR) is 80.6 cm³/mol. The summed E-state index contributed by atoms with van der Waals surface area (Å²) in [7, 11) is 1.49. The van der Waals surface area contributed by atoms with E-state index in [9.17, 15) is 4.79 Å². The van der Waals surface area contributed by atoms with Crippen LogP contribution in [0, 0.1) is 0 Å². The molecule has 0 radical (unpaired) electrons. The van der Waals surface area contributed by atoms with Crippen molar-refractivity contribution in [2.24, 2.45) is 0 Å². The number of ether oxygens (including phenoxy) is 1. The molecule has 6 heteroatoms. The molecule has 2 N–H and O–H groups in total. The van der Waals surface area contributed by atoms with Gasteiger partial charge in [0, 0.05) is 5.56 Å². The standard InChI is InChI=1S/C16H13N3O3/c1-21-14-11(13(20)10-6-3-2-4-7-10)8-5-9-12(14)15-18-19-16(17)22-15/h2-9H,1H3,(H2,17,19). The minimum absolute atomic E-state index is 0.0446. The molecule has 0 fully saturated rings. The summed E-state index contributed by atoms with van der Waals surface area (Å²) < 4.78 is 10.6. The zero-order chi connectivity index (χ0) is 15.5. The van der Waals surface area contributed by atoms with Crippen molar-refractivity contribution in [2.45, 2.75) is 0 Å². The number of rotatable bonds is 4. The lowest BCUT2D eigenvalue weighted by molar-refractivity contribution is 0.103. The van der Waals surface area contributed by atoms with E-state index in [2.05, 4.69) is 10.2 Å². The molecule has 0 amide bonds. The number of carbonyl (C=O) groups is 1. The third-order valence-electron chi connectivity index (χ3n) is 3.17. The molecular weight excluding hydrogens is 282 g/mol. The molecule has 110 valence electrons. The third-order valence-corrected chi connectivity index (χ3v) is 3.17. The average molecular weight is 295 g/mol. The van der Waals surface area contributed by atoms with Crippen LogP contribution in [0.5, 0.6) is 5.75 Å². The van der Waals surface area contributed by atoms with Crippen LogP contribution in [0.25, 0.3) is 11.5 Å². The van der Waals surface area contributed by atoms with E-state index in [1.165, 1.54) is 7.11 Å². The second-order valence-corrected chi connectivity index (χ2v) is 4.53. The molecule has 0 saturated heterocycles. The van der Waals surface area contributed by atoms with Gasteiger partial charge in [0.15, 0.2) is 5.78 Å². The maximum absolute atomic E-state index is 12.6. The van der Waals surface area contributed by atoms with Gasteiger partial charge in [-0.3, -0.25) is 4.79 Å².